The number of esters is 1. The average molecular weight is 250 g/mol. The van der Waals surface area contributed by atoms with Gasteiger partial charge in [0.1, 0.15) is 0 Å². The molecule has 1 aliphatic carbocycles. The first-order valence-corrected chi connectivity index (χ1v) is 6.95. The van der Waals surface area contributed by atoms with Gasteiger partial charge in [-0.1, -0.05) is 5.92 Å². The van der Waals surface area contributed by atoms with Crippen LogP contribution in [0.5, 0.6) is 0 Å². The Balaban J connectivity index is 2.39. The average Bonchev–Trinajstić information content (AvgIpc) is 2.30. The van der Waals surface area contributed by atoms with Gasteiger partial charge >= 0.3 is 5.97 Å². The van der Waals surface area contributed by atoms with Gasteiger partial charge in [0.2, 0.25) is 0 Å². The van der Waals surface area contributed by atoms with Gasteiger partial charge in [0.15, 0.2) is 5.60 Å². The maximum atomic E-state index is 11.4. The van der Waals surface area contributed by atoms with Crippen LogP contribution in [0.3, 0.4) is 0 Å². The zero-order valence-corrected chi connectivity index (χ0v) is 11.7. The number of piperidine rings is 1. The fourth-order valence-corrected chi connectivity index (χ4v) is 4.20. The largest absolute Gasteiger partial charge is 0.445 e. The molecule has 0 aromatic rings. The summed E-state index contributed by atoms with van der Waals surface area (Å²) in [6.45, 7) is 4.88. The van der Waals surface area contributed by atoms with Crippen LogP contribution in [-0.2, 0) is 9.53 Å². The lowest BCUT2D eigenvalue weighted by atomic mass is 9.57. The quantitative estimate of drug-likeness (QED) is 0.551. The van der Waals surface area contributed by atoms with Crippen molar-refractivity contribution in [3.8, 4) is 12.3 Å². The van der Waals surface area contributed by atoms with Crippen molar-refractivity contribution in [3.05, 3.63) is 0 Å². The number of nitrogens with one attached hydrogen (secondary N) is 1. The molecule has 18 heavy (non-hydrogen) atoms. The highest BCUT2D eigenvalue weighted by molar-refractivity contribution is 5.67. The van der Waals surface area contributed by atoms with Crippen molar-refractivity contribution in [3.63, 3.8) is 0 Å². The van der Waals surface area contributed by atoms with Gasteiger partial charge in [0.05, 0.1) is 25.0 Å². The molecule has 0 bridgehead atoms. The number of hydrogen-bond donors (Lipinski definition) is 1. The topological polar surface area (TPSA) is 30.7 Å². The predicted molar refractivity (Wildman–Crippen MR) is 70.1 cm³/mol. The molecular formula is C15H24NO2+. The van der Waals surface area contributed by atoms with Gasteiger partial charge in [-0.05, 0) is 32.6 Å². The molecule has 3 nitrogen and oxygen atoms in total. The molecule has 0 radical (unpaired) electrons. The second-order valence-corrected chi connectivity index (χ2v) is 6.13. The van der Waals surface area contributed by atoms with E-state index in [1.165, 1.54) is 24.8 Å². The molecule has 1 N–H and O–H groups in total. The lowest BCUT2D eigenvalue weighted by Gasteiger charge is -2.55. The van der Waals surface area contributed by atoms with Gasteiger partial charge in [-0.15, -0.1) is 6.42 Å². The van der Waals surface area contributed by atoms with Gasteiger partial charge in [-0.3, -0.25) is 4.79 Å². The molecule has 0 aromatic carbocycles. The second kappa shape index (κ2) is 4.59. The van der Waals surface area contributed by atoms with Crippen molar-refractivity contribution in [2.75, 3.05) is 13.6 Å². The van der Waals surface area contributed by atoms with Gasteiger partial charge in [-0.25, -0.2) is 0 Å². The van der Waals surface area contributed by atoms with Gasteiger partial charge in [-0.2, -0.15) is 0 Å². The number of hydrogen-bond acceptors (Lipinski definition) is 2. The molecule has 1 aliphatic heterocycles. The van der Waals surface area contributed by atoms with Crippen LogP contribution in [0, 0.1) is 17.8 Å². The summed E-state index contributed by atoms with van der Waals surface area (Å²) < 4.78 is 5.66. The van der Waals surface area contributed by atoms with Gasteiger partial charge < -0.3 is 9.64 Å². The highest BCUT2D eigenvalue weighted by Gasteiger charge is 2.60. The van der Waals surface area contributed by atoms with E-state index < -0.39 is 5.60 Å². The van der Waals surface area contributed by atoms with E-state index in [0.29, 0.717) is 6.04 Å². The molecule has 100 valence electrons. The number of carbonyl (C=O) groups is 1. The molecule has 1 saturated carbocycles. The maximum Gasteiger partial charge on any atom is 0.304 e. The van der Waals surface area contributed by atoms with Crippen LogP contribution in [0.25, 0.3) is 0 Å². The molecule has 1 saturated heterocycles. The minimum atomic E-state index is -0.691. The first-order chi connectivity index (χ1) is 8.45. The molecule has 1 heterocycles. The number of fused-ring (bicyclic) bond motifs is 1. The summed E-state index contributed by atoms with van der Waals surface area (Å²) >= 11 is 0. The fourth-order valence-electron chi connectivity index (χ4n) is 4.20. The van der Waals surface area contributed by atoms with Crippen molar-refractivity contribution < 1.29 is 14.4 Å². The highest BCUT2D eigenvalue weighted by Crippen LogP contribution is 2.49. The van der Waals surface area contributed by atoms with Crippen LogP contribution in [0.1, 0.15) is 46.0 Å². The minimum Gasteiger partial charge on any atom is -0.445 e. The number of terminal acetylenes is 1. The molecule has 1 unspecified atom stereocenters. The summed E-state index contributed by atoms with van der Waals surface area (Å²) in [7, 11) is 2.24. The van der Waals surface area contributed by atoms with E-state index in [9.17, 15) is 4.79 Å². The number of quaternary nitrogens is 1. The Labute approximate surface area is 110 Å². The molecule has 0 spiro atoms. The zero-order chi connectivity index (χ0) is 13.4. The Morgan fingerprint density at radius 2 is 2.17 bits per heavy atom. The van der Waals surface area contributed by atoms with Crippen molar-refractivity contribution in [1.82, 2.24) is 0 Å². The fraction of sp³-hybridized carbons (Fsp3) is 0.800. The third kappa shape index (κ3) is 1.83. The van der Waals surface area contributed by atoms with Crippen LogP contribution >= 0.6 is 0 Å². The number of ether oxygens (including phenoxy) is 1. The first kappa shape index (κ1) is 13.4. The lowest BCUT2D eigenvalue weighted by molar-refractivity contribution is -0.923. The van der Waals surface area contributed by atoms with Crippen LogP contribution in [-0.4, -0.2) is 31.2 Å². The van der Waals surface area contributed by atoms with E-state index in [0.717, 1.165) is 25.7 Å². The Kier molecular flexibility index (Phi) is 3.42. The van der Waals surface area contributed by atoms with E-state index in [1.807, 2.05) is 0 Å². The molecule has 4 atom stereocenters. The Hall–Kier alpha value is -1.01. The third-order valence-electron chi connectivity index (χ3n) is 5.13. The molecule has 0 aromatic heterocycles. The van der Waals surface area contributed by atoms with E-state index >= 15 is 0 Å². The maximum absolute atomic E-state index is 11.4. The van der Waals surface area contributed by atoms with Crippen LogP contribution in [0.4, 0.5) is 0 Å². The SMILES string of the molecule is C#C[C@]1(OC(C)=O)CCC[C@H]2[NH+](C)CCC[C@@]21C. The molecule has 0 amide bonds. The van der Waals surface area contributed by atoms with Crippen molar-refractivity contribution in [2.45, 2.75) is 57.6 Å². The van der Waals surface area contributed by atoms with Gasteiger partial charge in [0, 0.05) is 13.3 Å². The Bertz CT molecular complexity index is 386. The Morgan fingerprint density at radius 3 is 2.78 bits per heavy atom. The van der Waals surface area contributed by atoms with E-state index in [2.05, 4.69) is 19.9 Å². The van der Waals surface area contributed by atoms with Crippen molar-refractivity contribution in [1.29, 1.82) is 0 Å². The summed E-state index contributed by atoms with van der Waals surface area (Å²) in [5, 5.41) is 0. The van der Waals surface area contributed by atoms with Crippen molar-refractivity contribution in [2.24, 2.45) is 5.41 Å². The predicted octanol–water partition coefficient (Wildman–Crippen LogP) is 0.789. The van der Waals surface area contributed by atoms with Gasteiger partial charge in [0.25, 0.3) is 0 Å². The number of carbonyl (C=O) groups excluding carboxylic acids is 1. The zero-order valence-electron chi connectivity index (χ0n) is 11.7. The first-order valence-electron chi connectivity index (χ1n) is 6.95. The third-order valence-corrected chi connectivity index (χ3v) is 5.13. The van der Waals surface area contributed by atoms with E-state index in [1.54, 1.807) is 0 Å². The van der Waals surface area contributed by atoms with Crippen LogP contribution in [0.2, 0.25) is 0 Å². The van der Waals surface area contributed by atoms with E-state index in [-0.39, 0.29) is 11.4 Å². The summed E-state index contributed by atoms with van der Waals surface area (Å²) in [4.78, 5) is 13.0. The monoisotopic (exact) mass is 250 g/mol. The molecule has 2 rings (SSSR count). The van der Waals surface area contributed by atoms with Crippen LogP contribution < -0.4 is 4.90 Å². The lowest BCUT2D eigenvalue weighted by Crippen LogP contribution is -3.16. The summed E-state index contributed by atoms with van der Waals surface area (Å²) in [5.74, 6) is 2.60. The standard InChI is InChI=1S/C15H23NO2/c1-5-15(18-12(2)17)10-6-8-13-14(15,3)9-7-11-16(13)4/h1,13H,6-11H2,2-4H3/p+1/t13-,14+,15+/m1/s1. The molecule has 3 heteroatoms. The van der Waals surface area contributed by atoms with E-state index in [4.69, 9.17) is 11.2 Å². The smallest absolute Gasteiger partial charge is 0.304 e. The number of likely N-dealkylation sites (tertiary alicyclic amines) is 1. The summed E-state index contributed by atoms with van der Waals surface area (Å²) in [6, 6.07) is 0.510. The summed E-state index contributed by atoms with van der Waals surface area (Å²) in [6.07, 6.45) is 11.1. The number of rotatable bonds is 1. The highest BCUT2D eigenvalue weighted by atomic mass is 16.6. The Morgan fingerprint density at radius 1 is 1.44 bits per heavy atom. The molecule has 2 fully saturated rings. The molecule has 2 aliphatic rings. The second-order valence-electron chi connectivity index (χ2n) is 6.13. The van der Waals surface area contributed by atoms with Crippen LogP contribution in [0.15, 0.2) is 0 Å². The van der Waals surface area contributed by atoms with Crippen molar-refractivity contribution >= 4 is 5.97 Å². The minimum absolute atomic E-state index is 0.0754. The summed E-state index contributed by atoms with van der Waals surface area (Å²) in [5.41, 5.74) is -0.766. The normalized spacial score (nSPS) is 43.7. The molecular weight excluding hydrogens is 226 g/mol.